The van der Waals surface area contributed by atoms with Crippen molar-refractivity contribution in [2.75, 3.05) is 18.0 Å². The highest BCUT2D eigenvalue weighted by Gasteiger charge is 2.20. The zero-order chi connectivity index (χ0) is 27.0. The van der Waals surface area contributed by atoms with Gasteiger partial charge in [-0.1, -0.05) is 73.4 Å². The van der Waals surface area contributed by atoms with Crippen molar-refractivity contribution in [1.29, 1.82) is 0 Å². The standard InChI is InChI=1S/C28H34Cl2N4O2S/c1-19(2)15-24-25(21-11-12-22(29)23(30)16-21)33-26(37-24)34(17-20-9-7-6-8-10-20)14-13-31-18-32-27(35)36-28(3,4)5/h6-12,16,18-19H,13-15,17H2,1-5H3,(H,31,32,35). The summed E-state index contributed by atoms with van der Waals surface area (Å²) in [6, 6.07) is 15.9. The minimum absolute atomic E-state index is 0.475. The number of nitrogens with one attached hydrogen (secondary N) is 1. The van der Waals surface area contributed by atoms with Crippen LogP contribution in [0.3, 0.4) is 0 Å². The second kappa shape index (κ2) is 13.3. The number of halogens is 2. The number of hydrogen-bond acceptors (Lipinski definition) is 5. The van der Waals surface area contributed by atoms with Crippen molar-refractivity contribution in [3.05, 3.63) is 69.0 Å². The summed E-state index contributed by atoms with van der Waals surface area (Å²) in [6.07, 6.45) is 1.68. The van der Waals surface area contributed by atoms with Gasteiger partial charge in [-0.05, 0) is 50.8 Å². The molecule has 1 amide bonds. The Morgan fingerprint density at radius 2 is 1.89 bits per heavy atom. The SMILES string of the molecule is CC(C)Cc1sc(N(CCNC=NC(=O)OC(C)(C)C)Cc2ccccc2)nc1-c1ccc(Cl)c(Cl)c1. The van der Waals surface area contributed by atoms with E-state index < -0.39 is 11.7 Å². The molecule has 0 aliphatic heterocycles. The average Bonchev–Trinajstić information content (AvgIpc) is 3.22. The van der Waals surface area contributed by atoms with E-state index in [0.717, 1.165) is 22.8 Å². The molecule has 2 aromatic carbocycles. The molecule has 0 atom stereocenters. The third-order valence-electron chi connectivity index (χ3n) is 5.14. The van der Waals surface area contributed by atoms with Gasteiger partial charge in [0.25, 0.3) is 0 Å². The highest BCUT2D eigenvalue weighted by atomic mass is 35.5. The number of nitrogens with zero attached hydrogens (tertiary/aromatic N) is 3. The van der Waals surface area contributed by atoms with Crippen LogP contribution in [0.2, 0.25) is 10.0 Å². The molecule has 0 bridgehead atoms. The summed E-state index contributed by atoms with van der Waals surface area (Å²) < 4.78 is 5.21. The summed E-state index contributed by atoms with van der Waals surface area (Å²) in [6.45, 7) is 11.8. The molecule has 9 heteroatoms. The van der Waals surface area contributed by atoms with E-state index in [9.17, 15) is 4.79 Å². The first-order chi connectivity index (χ1) is 17.5. The van der Waals surface area contributed by atoms with E-state index in [2.05, 4.69) is 41.2 Å². The van der Waals surface area contributed by atoms with Crippen LogP contribution in [0.25, 0.3) is 11.3 Å². The number of thiazole rings is 1. The first-order valence-electron chi connectivity index (χ1n) is 12.2. The van der Waals surface area contributed by atoms with E-state index in [4.69, 9.17) is 32.9 Å². The molecule has 3 rings (SSSR count). The lowest BCUT2D eigenvalue weighted by atomic mass is 10.0. The van der Waals surface area contributed by atoms with Crippen LogP contribution in [0.15, 0.2) is 53.5 Å². The number of anilines is 1. The van der Waals surface area contributed by atoms with Crippen LogP contribution in [0.5, 0.6) is 0 Å². The molecule has 0 unspecified atom stereocenters. The number of aliphatic imine (C=N–C) groups is 1. The monoisotopic (exact) mass is 560 g/mol. The molecule has 0 radical (unpaired) electrons. The number of carbonyl (C=O) groups excluding carboxylic acids is 1. The number of hydrogen-bond donors (Lipinski definition) is 1. The summed E-state index contributed by atoms with van der Waals surface area (Å²) in [7, 11) is 0. The fourth-order valence-corrected chi connectivity index (χ4v) is 5.17. The summed E-state index contributed by atoms with van der Waals surface area (Å²) in [4.78, 5) is 24.2. The molecule has 0 spiro atoms. The number of aromatic nitrogens is 1. The Morgan fingerprint density at radius 1 is 1.16 bits per heavy atom. The van der Waals surface area contributed by atoms with Gasteiger partial charge in [0.05, 0.1) is 22.1 Å². The number of amides is 1. The van der Waals surface area contributed by atoms with Crippen LogP contribution in [0.1, 0.15) is 45.1 Å². The topological polar surface area (TPSA) is 66.8 Å². The molecule has 0 aliphatic carbocycles. The summed E-state index contributed by atoms with van der Waals surface area (Å²) in [5, 5.41) is 5.06. The van der Waals surface area contributed by atoms with Gasteiger partial charge in [-0.25, -0.2) is 9.78 Å². The predicted octanol–water partition coefficient (Wildman–Crippen LogP) is 7.88. The van der Waals surface area contributed by atoms with Gasteiger partial charge in [0.2, 0.25) is 0 Å². The van der Waals surface area contributed by atoms with E-state index in [1.54, 1.807) is 11.3 Å². The van der Waals surface area contributed by atoms with Gasteiger partial charge in [0.15, 0.2) is 5.13 Å². The first-order valence-corrected chi connectivity index (χ1v) is 13.8. The minimum Gasteiger partial charge on any atom is -0.442 e. The Hall–Kier alpha value is -2.61. The lowest BCUT2D eigenvalue weighted by molar-refractivity contribution is 0.0604. The number of rotatable bonds is 10. The van der Waals surface area contributed by atoms with Gasteiger partial charge < -0.3 is 15.0 Å². The Kier molecular flexibility index (Phi) is 10.4. The maximum Gasteiger partial charge on any atom is 0.435 e. The van der Waals surface area contributed by atoms with E-state index >= 15 is 0 Å². The van der Waals surface area contributed by atoms with Crippen molar-refractivity contribution >= 4 is 52.1 Å². The van der Waals surface area contributed by atoms with E-state index in [-0.39, 0.29) is 0 Å². The van der Waals surface area contributed by atoms with E-state index in [0.29, 0.717) is 35.6 Å². The van der Waals surface area contributed by atoms with Crippen LogP contribution >= 0.6 is 34.5 Å². The Labute approximate surface area is 233 Å². The third kappa shape index (κ3) is 9.33. The molecule has 37 heavy (non-hydrogen) atoms. The normalized spacial score (nSPS) is 11.8. The Bertz CT molecular complexity index is 1210. The molecule has 0 fully saturated rings. The molecule has 1 N–H and O–H groups in total. The zero-order valence-electron chi connectivity index (χ0n) is 21.9. The molecule has 0 saturated heterocycles. The summed E-state index contributed by atoms with van der Waals surface area (Å²) in [5.41, 5.74) is 2.49. The van der Waals surface area contributed by atoms with Gasteiger partial charge in [-0.15, -0.1) is 11.3 Å². The first kappa shape index (κ1) is 29.0. The van der Waals surface area contributed by atoms with Crippen LogP contribution in [-0.4, -0.2) is 36.1 Å². The molecule has 1 aromatic heterocycles. The summed E-state index contributed by atoms with van der Waals surface area (Å²) >= 11 is 14.2. The van der Waals surface area contributed by atoms with Gasteiger partial charge in [-0.3, -0.25) is 0 Å². The lowest BCUT2D eigenvalue weighted by Gasteiger charge is -2.22. The number of benzene rings is 2. The highest BCUT2D eigenvalue weighted by Crippen LogP contribution is 2.37. The van der Waals surface area contributed by atoms with Crippen LogP contribution < -0.4 is 10.2 Å². The van der Waals surface area contributed by atoms with Crippen LogP contribution in [-0.2, 0) is 17.7 Å². The van der Waals surface area contributed by atoms with Gasteiger partial charge in [0, 0.05) is 30.1 Å². The van der Waals surface area contributed by atoms with Crippen LogP contribution in [0.4, 0.5) is 9.93 Å². The highest BCUT2D eigenvalue weighted by molar-refractivity contribution is 7.16. The fourth-order valence-electron chi connectivity index (χ4n) is 3.55. The quantitative estimate of drug-likeness (QED) is 0.155. The molecular formula is C28H34Cl2N4O2S. The number of ether oxygens (including phenoxy) is 1. The number of carbonyl (C=O) groups is 1. The molecule has 0 saturated carbocycles. The van der Waals surface area contributed by atoms with Crippen molar-refractivity contribution < 1.29 is 9.53 Å². The van der Waals surface area contributed by atoms with Gasteiger partial charge in [0.1, 0.15) is 5.60 Å². The smallest absolute Gasteiger partial charge is 0.435 e. The second-order valence-corrected chi connectivity index (χ2v) is 12.0. The van der Waals surface area contributed by atoms with E-state index in [1.807, 2.05) is 57.2 Å². The maximum atomic E-state index is 11.8. The average molecular weight is 562 g/mol. The molecule has 1 heterocycles. The van der Waals surface area contributed by atoms with Crippen molar-refractivity contribution in [2.24, 2.45) is 10.9 Å². The van der Waals surface area contributed by atoms with E-state index in [1.165, 1.54) is 16.8 Å². The minimum atomic E-state index is -0.620. The Morgan fingerprint density at radius 3 is 2.54 bits per heavy atom. The van der Waals surface area contributed by atoms with Crippen molar-refractivity contribution in [3.63, 3.8) is 0 Å². The van der Waals surface area contributed by atoms with Crippen molar-refractivity contribution in [3.8, 4) is 11.3 Å². The maximum absolute atomic E-state index is 11.8. The van der Waals surface area contributed by atoms with Crippen LogP contribution in [0, 0.1) is 5.92 Å². The molecule has 6 nitrogen and oxygen atoms in total. The largest absolute Gasteiger partial charge is 0.442 e. The van der Waals surface area contributed by atoms with Gasteiger partial charge >= 0.3 is 6.09 Å². The molecular weight excluding hydrogens is 527 g/mol. The summed E-state index contributed by atoms with van der Waals surface area (Å²) in [5.74, 6) is 0.475. The van der Waals surface area contributed by atoms with Crippen molar-refractivity contribution in [1.82, 2.24) is 10.3 Å². The molecule has 3 aromatic rings. The predicted molar refractivity (Wildman–Crippen MR) is 156 cm³/mol. The zero-order valence-corrected chi connectivity index (χ0v) is 24.3. The van der Waals surface area contributed by atoms with Crippen molar-refractivity contribution in [2.45, 2.75) is 53.2 Å². The fraction of sp³-hybridized carbons (Fsp3) is 0.393. The Balaban J connectivity index is 1.83. The molecule has 198 valence electrons. The lowest BCUT2D eigenvalue weighted by Crippen LogP contribution is -2.31. The third-order valence-corrected chi connectivity index (χ3v) is 7.02. The van der Waals surface area contributed by atoms with Gasteiger partial charge in [-0.2, -0.15) is 4.99 Å². The molecule has 0 aliphatic rings. The second-order valence-electron chi connectivity index (χ2n) is 10.1.